The maximum absolute atomic E-state index is 9.78. The van der Waals surface area contributed by atoms with Gasteiger partial charge >= 0.3 is 0 Å². The van der Waals surface area contributed by atoms with E-state index < -0.39 is 12.2 Å². The Kier molecular flexibility index (Phi) is 3.24. The number of aliphatic hydroxyl groups is 2. The molecule has 82 valence electrons. The first-order chi connectivity index (χ1) is 7.18. The normalized spacial score (nSPS) is 19.9. The summed E-state index contributed by atoms with van der Waals surface area (Å²) < 4.78 is 0. The highest BCUT2D eigenvalue weighted by molar-refractivity contribution is 6.31. The number of hydrogen-bond acceptors (Lipinski definition) is 3. The summed E-state index contributed by atoms with van der Waals surface area (Å²) in [5, 5.41) is 20.0. The first kappa shape index (κ1) is 10.9. The summed E-state index contributed by atoms with van der Waals surface area (Å²) in [5.41, 5.74) is 0.832. The van der Waals surface area contributed by atoms with E-state index >= 15 is 0 Å². The van der Waals surface area contributed by atoms with E-state index in [0.29, 0.717) is 11.4 Å². The third-order valence-electron chi connectivity index (χ3n) is 2.78. The molecule has 1 aromatic heterocycles. The fourth-order valence-corrected chi connectivity index (χ4v) is 1.86. The molecule has 1 heterocycles. The largest absolute Gasteiger partial charge is 0.390 e. The van der Waals surface area contributed by atoms with Crippen LogP contribution in [-0.2, 0) is 6.42 Å². The van der Waals surface area contributed by atoms with E-state index in [-0.39, 0.29) is 5.92 Å². The molecule has 2 rings (SSSR count). The minimum atomic E-state index is -0.725. The molecule has 2 atom stereocenters. The number of rotatable bonds is 4. The van der Waals surface area contributed by atoms with E-state index in [2.05, 4.69) is 4.98 Å². The fraction of sp³-hybridized carbons (Fsp3) is 0.545. The lowest BCUT2D eigenvalue weighted by Crippen LogP contribution is -2.29. The summed E-state index contributed by atoms with van der Waals surface area (Å²) in [6.45, 7) is 0. The third kappa shape index (κ3) is 2.68. The summed E-state index contributed by atoms with van der Waals surface area (Å²) in [6.07, 6.45) is 4.26. The molecule has 0 bridgehead atoms. The van der Waals surface area contributed by atoms with Crippen molar-refractivity contribution in [3.8, 4) is 0 Å². The summed E-state index contributed by atoms with van der Waals surface area (Å²) in [5.74, 6) is 0.278. The van der Waals surface area contributed by atoms with Crippen LogP contribution in [0.5, 0.6) is 0 Å². The quantitative estimate of drug-likeness (QED) is 0.818. The average Bonchev–Trinajstić information content (AvgIpc) is 3.04. The van der Waals surface area contributed by atoms with Crippen LogP contribution in [0.25, 0.3) is 0 Å². The minimum absolute atomic E-state index is 0.278. The molecule has 1 saturated carbocycles. The molecule has 1 aromatic rings. The maximum atomic E-state index is 9.78. The number of nitrogens with zero attached hydrogens (tertiary/aromatic N) is 1. The Labute approximate surface area is 93.7 Å². The van der Waals surface area contributed by atoms with E-state index in [9.17, 15) is 10.2 Å². The molecular formula is C11H14ClNO2. The van der Waals surface area contributed by atoms with E-state index in [4.69, 9.17) is 11.6 Å². The second-order valence-corrected chi connectivity index (χ2v) is 4.47. The van der Waals surface area contributed by atoms with Gasteiger partial charge in [0, 0.05) is 18.8 Å². The van der Waals surface area contributed by atoms with E-state index in [1.165, 1.54) is 0 Å². The third-order valence-corrected chi connectivity index (χ3v) is 3.13. The zero-order chi connectivity index (χ0) is 10.8. The first-order valence-electron chi connectivity index (χ1n) is 5.13. The molecule has 3 nitrogen and oxygen atoms in total. The Balaban J connectivity index is 1.98. The van der Waals surface area contributed by atoms with Gasteiger partial charge in [0.2, 0.25) is 0 Å². The van der Waals surface area contributed by atoms with Crippen molar-refractivity contribution in [2.75, 3.05) is 0 Å². The van der Waals surface area contributed by atoms with Gasteiger partial charge in [0.1, 0.15) is 0 Å². The van der Waals surface area contributed by atoms with Crippen LogP contribution in [0, 0.1) is 5.92 Å². The van der Waals surface area contributed by atoms with Crippen molar-refractivity contribution in [3.05, 3.63) is 29.0 Å². The molecule has 0 aromatic carbocycles. The molecule has 2 unspecified atom stereocenters. The number of halogens is 1. The smallest absolute Gasteiger partial charge is 0.0842 e. The molecule has 0 radical (unpaired) electrons. The molecule has 0 amide bonds. The second kappa shape index (κ2) is 4.47. The van der Waals surface area contributed by atoms with Gasteiger partial charge in [-0.3, -0.25) is 4.98 Å². The summed E-state index contributed by atoms with van der Waals surface area (Å²) in [4.78, 5) is 3.87. The number of pyridine rings is 1. The van der Waals surface area contributed by atoms with Crippen molar-refractivity contribution in [3.63, 3.8) is 0 Å². The molecule has 2 N–H and O–H groups in total. The van der Waals surface area contributed by atoms with Crippen LogP contribution in [0.2, 0.25) is 5.02 Å². The Hall–Kier alpha value is -0.640. The van der Waals surface area contributed by atoms with Crippen molar-refractivity contribution < 1.29 is 10.2 Å². The van der Waals surface area contributed by atoms with Crippen molar-refractivity contribution in [2.45, 2.75) is 31.5 Å². The molecule has 4 heteroatoms. The highest BCUT2D eigenvalue weighted by Crippen LogP contribution is 2.34. The lowest BCUT2D eigenvalue weighted by atomic mass is 10.0. The summed E-state index contributed by atoms with van der Waals surface area (Å²) >= 11 is 5.91. The Morgan fingerprint density at radius 1 is 1.47 bits per heavy atom. The van der Waals surface area contributed by atoms with Gasteiger partial charge < -0.3 is 10.2 Å². The van der Waals surface area contributed by atoms with Gasteiger partial charge in [-0.2, -0.15) is 0 Å². The summed E-state index contributed by atoms with van der Waals surface area (Å²) in [7, 11) is 0. The van der Waals surface area contributed by atoms with Gasteiger partial charge in [0.15, 0.2) is 0 Å². The Morgan fingerprint density at radius 2 is 2.20 bits per heavy atom. The monoisotopic (exact) mass is 227 g/mol. The van der Waals surface area contributed by atoms with Gasteiger partial charge in [-0.25, -0.2) is 0 Å². The van der Waals surface area contributed by atoms with Crippen LogP contribution in [-0.4, -0.2) is 27.4 Å². The van der Waals surface area contributed by atoms with E-state index in [1.807, 2.05) is 0 Å². The molecule has 1 aliphatic rings. The first-order valence-corrected chi connectivity index (χ1v) is 5.51. The van der Waals surface area contributed by atoms with Gasteiger partial charge in [-0.15, -0.1) is 0 Å². The Bertz CT molecular complexity index is 341. The predicted molar refractivity (Wildman–Crippen MR) is 57.7 cm³/mol. The van der Waals surface area contributed by atoms with Crippen LogP contribution in [0.4, 0.5) is 0 Å². The maximum Gasteiger partial charge on any atom is 0.0842 e. The van der Waals surface area contributed by atoms with Crippen LogP contribution in [0.15, 0.2) is 18.5 Å². The van der Waals surface area contributed by atoms with Crippen LogP contribution < -0.4 is 0 Å². The lowest BCUT2D eigenvalue weighted by Gasteiger charge is -2.17. The molecule has 1 aliphatic carbocycles. The number of aliphatic hydroxyl groups excluding tert-OH is 2. The van der Waals surface area contributed by atoms with E-state index in [1.54, 1.807) is 18.5 Å². The molecule has 0 saturated heterocycles. The lowest BCUT2D eigenvalue weighted by molar-refractivity contribution is 0.00673. The van der Waals surface area contributed by atoms with Crippen molar-refractivity contribution in [2.24, 2.45) is 5.92 Å². The van der Waals surface area contributed by atoms with Crippen LogP contribution in [0.3, 0.4) is 0 Å². The van der Waals surface area contributed by atoms with Gasteiger partial charge in [0.05, 0.1) is 17.2 Å². The topological polar surface area (TPSA) is 53.4 Å². The minimum Gasteiger partial charge on any atom is -0.390 e. The van der Waals surface area contributed by atoms with Gasteiger partial charge in [0.25, 0.3) is 0 Å². The summed E-state index contributed by atoms with van der Waals surface area (Å²) in [6, 6.07) is 1.77. The molecule has 15 heavy (non-hydrogen) atoms. The standard InChI is InChI=1S/C11H14ClNO2/c12-9-6-13-4-3-8(9)5-10(14)11(15)7-1-2-7/h3-4,6-7,10-11,14-15H,1-2,5H2. The molecular weight excluding hydrogens is 214 g/mol. The number of hydrogen-bond donors (Lipinski definition) is 2. The zero-order valence-corrected chi connectivity index (χ0v) is 9.06. The van der Waals surface area contributed by atoms with Crippen LogP contribution >= 0.6 is 11.6 Å². The average molecular weight is 228 g/mol. The number of aromatic nitrogens is 1. The molecule has 0 aliphatic heterocycles. The molecule has 0 spiro atoms. The second-order valence-electron chi connectivity index (χ2n) is 4.07. The van der Waals surface area contributed by atoms with Crippen molar-refractivity contribution in [1.29, 1.82) is 0 Å². The SMILES string of the molecule is OC(Cc1ccncc1Cl)C(O)C1CC1. The van der Waals surface area contributed by atoms with Crippen LogP contribution in [0.1, 0.15) is 18.4 Å². The van der Waals surface area contributed by atoms with Crippen molar-refractivity contribution >= 4 is 11.6 Å². The van der Waals surface area contributed by atoms with Gasteiger partial charge in [-0.05, 0) is 30.4 Å². The highest BCUT2D eigenvalue weighted by Gasteiger charge is 2.34. The fourth-order valence-electron chi connectivity index (χ4n) is 1.67. The van der Waals surface area contributed by atoms with Crippen molar-refractivity contribution in [1.82, 2.24) is 4.98 Å². The highest BCUT2D eigenvalue weighted by atomic mass is 35.5. The zero-order valence-electron chi connectivity index (χ0n) is 8.31. The predicted octanol–water partition coefficient (Wildman–Crippen LogP) is 1.41. The Morgan fingerprint density at radius 3 is 2.80 bits per heavy atom. The van der Waals surface area contributed by atoms with Gasteiger partial charge in [-0.1, -0.05) is 11.6 Å². The molecule has 1 fully saturated rings. The van der Waals surface area contributed by atoms with E-state index in [0.717, 1.165) is 18.4 Å².